The fourth-order valence-electron chi connectivity index (χ4n) is 2.42. The zero-order valence-electron chi connectivity index (χ0n) is 10.5. The van der Waals surface area contributed by atoms with E-state index in [4.69, 9.17) is 4.74 Å². The van der Waals surface area contributed by atoms with Crippen molar-refractivity contribution in [3.8, 4) is 0 Å². The van der Waals surface area contributed by atoms with Crippen LogP contribution in [0.1, 0.15) is 58.8 Å². The fraction of sp³-hybridized carbons (Fsp3) is 1.00. The largest absolute Gasteiger partial charge is 0.374 e. The van der Waals surface area contributed by atoms with Crippen molar-refractivity contribution in [3.05, 3.63) is 0 Å². The average molecular weight is 213 g/mol. The minimum absolute atomic E-state index is 0.155. The summed E-state index contributed by atoms with van der Waals surface area (Å²) in [5.41, 5.74) is 0.155. The van der Waals surface area contributed by atoms with Gasteiger partial charge in [-0.3, -0.25) is 0 Å². The second kappa shape index (κ2) is 7.24. The van der Waals surface area contributed by atoms with Gasteiger partial charge in [-0.25, -0.2) is 0 Å². The molecule has 0 saturated heterocycles. The number of nitrogens with one attached hydrogen (secondary N) is 1. The van der Waals surface area contributed by atoms with Crippen LogP contribution >= 0.6 is 0 Å². The second-order valence-corrected chi connectivity index (χ2v) is 4.73. The molecule has 0 spiro atoms. The molecule has 1 aliphatic carbocycles. The highest BCUT2D eigenvalue weighted by molar-refractivity contribution is 4.85. The quantitative estimate of drug-likeness (QED) is 0.685. The van der Waals surface area contributed by atoms with Gasteiger partial charge in [-0.15, -0.1) is 0 Å². The molecule has 1 N–H and O–H groups in total. The molecule has 0 bridgehead atoms. The van der Waals surface area contributed by atoms with E-state index in [0.717, 1.165) is 26.1 Å². The molecule has 15 heavy (non-hydrogen) atoms. The van der Waals surface area contributed by atoms with Gasteiger partial charge >= 0.3 is 0 Å². The summed E-state index contributed by atoms with van der Waals surface area (Å²) in [6.45, 7) is 7.38. The van der Waals surface area contributed by atoms with Crippen LogP contribution in [0.4, 0.5) is 0 Å². The van der Waals surface area contributed by atoms with Gasteiger partial charge < -0.3 is 10.1 Å². The first kappa shape index (κ1) is 13.0. The standard InChI is InChI=1S/C13H27NO/c1-3-11-15-13(12-14-4-2)9-7-5-6-8-10-13/h14H,3-12H2,1-2H3. The lowest BCUT2D eigenvalue weighted by Gasteiger charge is -2.33. The third kappa shape index (κ3) is 4.52. The van der Waals surface area contributed by atoms with E-state index in [1.54, 1.807) is 0 Å². The summed E-state index contributed by atoms with van der Waals surface area (Å²) in [6.07, 6.45) is 9.10. The minimum atomic E-state index is 0.155. The van der Waals surface area contributed by atoms with Gasteiger partial charge in [0.25, 0.3) is 0 Å². The highest BCUT2D eigenvalue weighted by atomic mass is 16.5. The van der Waals surface area contributed by atoms with E-state index in [1.807, 2.05) is 0 Å². The number of ether oxygens (including phenoxy) is 1. The van der Waals surface area contributed by atoms with E-state index in [2.05, 4.69) is 19.2 Å². The molecule has 0 amide bonds. The lowest BCUT2D eigenvalue weighted by atomic mass is 9.94. The Bertz CT molecular complexity index is 141. The molecule has 0 atom stereocenters. The third-order valence-corrected chi connectivity index (χ3v) is 3.32. The number of hydrogen-bond donors (Lipinski definition) is 1. The number of hydrogen-bond acceptors (Lipinski definition) is 2. The van der Waals surface area contributed by atoms with Crippen molar-refractivity contribution in [3.63, 3.8) is 0 Å². The second-order valence-electron chi connectivity index (χ2n) is 4.73. The van der Waals surface area contributed by atoms with Crippen LogP contribution in [0.2, 0.25) is 0 Å². The summed E-state index contributed by atoms with van der Waals surface area (Å²) >= 11 is 0. The summed E-state index contributed by atoms with van der Waals surface area (Å²) in [5, 5.41) is 3.47. The molecule has 2 nitrogen and oxygen atoms in total. The summed E-state index contributed by atoms with van der Waals surface area (Å²) in [5.74, 6) is 0. The predicted molar refractivity (Wildman–Crippen MR) is 65.2 cm³/mol. The first-order chi connectivity index (χ1) is 7.33. The van der Waals surface area contributed by atoms with Crippen molar-refractivity contribution in [2.75, 3.05) is 19.7 Å². The Balaban J connectivity index is 2.47. The molecule has 0 unspecified atom stereocenters. The monoisotopic (exact) mass is 213 g/mol. The van der Waals surface area contributed by atoms with E-state index < -0.39 is 0 Å². The Morgan fingerprint density at radius 3 is 2.27 bits per heavy atom. The van der Waals surface area contributed by atoms with Gasteiger partial charge in [0.1, 0.15) is 0 Å². The van der Waals surface area contributed by atoms with Gasteiger partial charge in [0.2, 0.25) is 0 Å². The van der Waals surface area contributed by atoms with E-state index in [0.29, 0.717) is 0 Å². The molecule has 0 aliphatic heterocycles. The Hall–Kier alpha value is -0.0800. The topological polar surface area (TPSA) is 21.3 Å². The molecule has 90 valence electrons. The van der Waals surface area contributed by atoms with Gasteiger partial charge in [0, 0.05) is 13.2 Å². The normalized spacial score (nSPS) is 21.2. The minimum Gasteiger partial charge on any atom is -0.374 e. The molecule has 0 radical (unpaired) electrons. The first-order valence-electron chi connectivity index (χ1n) is 6.67. The third-order valence-electron chi connectivity index (χ3n) is 3.32. The molecule has 0 aromatic carbocycles. The highest BCUT2D eigenvalue weighted by Crippen LogP contribution is 2.30. The summed E-state index contributed by atoms with van der Waals surface area (Å²) < 4.78 is 6.14. The van der Waals surface area contributed by atoms with Crippen LogP contribution < -0.4 is 5.32 Å². The Kier molecular flexibility index (Phi) is 6.26. The molecule has 1 fully saturated rings. The molecule has 1 saturated carbocycles. The van der Waals surface area contributed by atoms with Gasteiger partial charge in [-0.2, -0.15) is 0 Å². The van der Waals surface area contributed by atoms with Crippen molar-refractivity contribution in [1.82, 2.24) is 5.32 Å². The Labute approximate surface area is 94.8 Å². The van der Waals surface area contributed by atoms with E-state index >= 15 is 0 Å². The molecule has 0 aromatic heterocycles. The van der Waals surface area contributed by atoms with Crippen LogP contribution in [0.3, 0.4) is 0 Å². The van der Waals surface area contributed by atoms with Crippen LogP contribution in [0, 0.1) is 0 Å². The highest BCUT2D eigenvalue weighted by Gasteiger charge is 2.30. The van der Waals surface area contributed by atoms with Crippen molar-refractivity contribution >= 4 is 0 Å². The number of likely N-dealkylation sites (N-methyl/N-ethyl adjacent to an activating group) is 1. The summed E-state index contributed by atoms with van der Waals surface area (Å²) in [4.78, 5) is 0. The Morgan fingerprint density at radius 2 is 1.73 bits per heavy atom. The molecule has 0 heterocycles. The molecule has 2 heteroatoms. The van der Waals surface area contributed by atoms with E-state index in [9.17, 15) is 0 Å². The van der Waals surface area contributed by atoms with Crippen LogP contribution in [0.25, 0.3) is 0 Å². The number of rotatable bonds is 6. The smallest absolute Gasteiger partial charge is 0.0806 e. The van der Waals surface area contributed by atoms with Gasteiger partial charge in [-0.1, -0.05) is 39.5 Å². The van der Waals surface area contributed by atoms with Crippen LogP contribution in [0.15, 0.2) is 0 Å². The van der Waals surface area contributed by atoms with E-state index in [-0.39, 0.29) is 5.60 Å². The first-order valence-corrected chi connectivity index (χ1v) is 6.67. The average Bonchev–Trinajstić information content (AvgIpc) is 2.50. The maximum absolute atomic E-state index is 6.14. The molecular formula is C13H27NO. The predicted octanol–water partition coefficient (Wildman–Crippen LogP) is 3.12. The fourth-order valence-corrected chi connectivity index (χ4v) is 2.42. The van der Waals surface area contributed by atoms with Crippen molar-refractivity contribution in [2.24, 2.45) is 0 Å². The van der Waals surface area contributed by atoms with Gasteiger partial charge in [0.05, 0.1) is 5.60 Å². The van der Waals surface area contributed by atoms with Crippen molar-refractivity contribution in [2.45, 2.75) is 64.4 Å². The van der Waals surface area contributed by atoms with E-state index in [1.165, 1.54) is 38.5 Å². The molecular weight excluding hydrogens is 186 g/mol. The summed E-state index contributed by atoms with van der Waals surface area (Å²) in [7, 11) is 0. The maximum atomic E-state index is 6.14. The lowest BCUT2D eigenvalue weighted by molar-refractivity contribution is -0.0543. The van der Waals surface area contributed by atoms with Crippen molar-refractivity contribution < 1.29 is 4.74 Å². The van der Waals surface area contributed by atoms with Gasteiger partial charge in [0.15, 0.2) is 0 Å². The van der Waals surface area contributed by atoms with Crippen LogP contribution in [0.5, 0.6) is 0 Å². The zero-order valence-corrected chi connectivity index (χ0v) is 10.5. The van der Waals surface area contributed by atoms with Crippen LogP contribution in [-0.2, 0) is 4.74 Å². The van der Waals surface area contributed by atoms with Gasteiger partial charge in [-0.05, 0) is 25.8 Å². The van der Waals surface area contributed by atoms with Crippen LogP contribution in [-0.4, -0.2) is 25.3 Å². The molecule has 1 rings (SSSR count). The molecule has 0 aromatic rings. The lowest BCUT2D eigenvalue weighted by Crippen LogP contribution is -2.43. The Morgan fingerprint density at radius 1 is 1.07 bits per heavy atom. The molecule has 1 aliphatic rings. The SMILES string of the molecule is CCCOC1(CNCC)CCCCCC1. The maximum Gasteiger partial charge on any atom is 0.0806 e. The summed E-state index contributed by atoms with van der Waals surface area (Å²) in [6, 6.07) is 0. The van der Waals surface area contributed by atoms with Crippen molar-refractivity contribution in [1.29, 1.82) is 0 Å². The zero-order chi connectivity index (χ0) is 11.0.